The van der Waals surface area contributed by atoms with Gasteiger partial charge < -0.3 is 13.9 Å². The highest BCUT2D eigenvalue weighted by molar-refractivity contribution is 8.18. The number of methoxy groups -OCH3 is 1. The van der Waals surface area contributed by atoms with Crippen LogP contribution in [-0.2, 0) is 4.43 Å². The van der Waals surface area contributed by atoms with Crippen molar-refractivity contribution in [3.05, 3.63) is 24.3 Å². The largest absolute Gasteiger partial charge is 0.497 e. The maximum atomic E-state index is 7.26. The second kappa shape index (κ2) is 11.2. The van der Waals surface area contributed by atoms with E-state index >= 15 is 0 Å². The zero-order valence-corrected chi connectivity index (χ0v) is 23.6. The molecule has 0 radical (unpaired) electrons. The molecule has 0 aliphatic carbocycles. The molecule has 1 fully saturated rings. The average Bonchev–Trinajstić information content (AvgIpc) is 2.73. The molecule has 0 spiro atoms. The van der Waals surface area contributed by atoms with E-state index in [4.69, 9.17) is 13.9 Å². The van der Waals surface area contributed by atoms with Crippen molar-refractivity contribution in [3.8, 4) is 11.5 Å². The molecule has 2 rings (SSSR count). The number of ether oxygens (including phenoxy) is 2. The zero-order chi connectivity index (χ0) is 23.2. The maximum Gasteiger partial charge on any atom is 0.192 e. The minimum absolute atomic E-state index is 0.150. The normalized spacial score (nSPS) is 19.0. The Hall–Kier alpha value is -0.303. The lowest BCUT2D eigenvalue weighted by atomic mass is 9.90. The van der Waals surface area contributed by atoms with E-state index in [0.717, 1.165) is 30.8 Å². The Balaban J connectivity index is 2.21. The van der Waals surface area contributed by atoms with Crippen LogP contribution in [0.5, 0.6) is 11.5 Å². The highest BCUT2D eigenvalue weighted by Crippen LogP contribution is 2.53. The van der Waals surface area contributed by atoms with Crippen LogP contribution in [0.3, 0.4) is 0 Å². The van der Waals surface area contributed by atoms with E-state index in [9.17, 15) is 0 Å². The Bertz CT molecular complexity index is 666. The highest BCUT2D eigenvalue weighted by atomic mass is 32.2. The first kappa shape index (κ1) is 26.9. The monoisotopic (exact) mass is 484 g/mol. The molecule has 0 amide bonds. The summed E-state index contributed by atoms with van der Waals surface area (Å²) in [5.41, 5.74) is -0.150. The molecule has 1 aliphatic rings. The molecule has 3 nitrogen and oxygen atoms in total. The molecule has 0 aromatic heterocycles. The van der Waals surface area contributed by atoms with Crippen molar-refractivity contribution in [1.29, 1.82) is 0 Å². The smallest absolute Gasteiger partial charge is 0.192 e. The predicted octanol–water partition coefficient (Wildman–Crippen LogP) is 8.00. The molecule has 0 saturated carbocycles. The van der Waals surface area contributed by atoms with E-state index in [2.05, 4.69) is 71.2 Å². The topological polar surface area (TPSA) is 27.7 Å². The Kier molecular flexibility index (Phi) is 9.75. The number of hydrogen-bond acceptors (Lipinski definition) is 5. The van der Waals surface area contributed by atoms with Crippen LogP contribution in [0.1, 0.15) is 66.7 Å². The summed E-state index contributed by atoms with van der Waals surface area (Å²) in [6.45, 7) is 17.1. The van der Waals surface area contributed by atoms with Crippen LogP contribution in [0, 0.1) is 0 Å². The van der Waals surface area contributed by atoms with Gasteiger partial charge in [-0.15, -0.1) is 23.5 Å². The molecular weight excluding hydrogens is 440 g/mol. The van der Waals surface area contributed by atoms with Gasteiger partial charge in [-0.2, -0.15) is 0 Å². The summed E-state index contributed by atoms with van der Waals surface area (Å²) in [6.07, 6.45) is 5.55. The van der Waals surface area contributed by atoms with Gasteiger partial charge >= 0.3 is 0 Å². The average molecular weight is 485 g/mol. The first-order chi connectivity index (χ1) is 14.5. The number of hydrogen-bond donors (Lipinski definition) is 0. The zero-order valence-electron chi connectivity index (χ0n) is 21.0. The molecule has 0 unspecified atom stereocenters. The maximum absolute atomic E-state index is 7.26. The Morgan fingerprint density at radius 3 is 2.06 bits per heavy atom. The van der Waals surface area contributed by atoms with Crippen LogP contribution in [0.25, 0.3) is 0 Å². The third kappa shape index (κ3) is 7.34. The first-order valence-electron chi connectivity index (χ1n) is 11.8. The minimum Gasteiger partial charge on any atom is -0.497 e. The summed E-state index contributed by atoms with van der Waals surface area (Å²) in [6, 6.07) is 7.88. The van der Waals surface area contributed by atoms with Gasteiger partial charge in [0.05, 0.1) is 23.4 Å². The van der Waals surface area contributed by atoms with E-state index in [-0.39, 0.29) is 14.7 Å². The van der Waals surface area contributed by atoms with Crippen LogP contribution < -0.4 is 9.47 Å². The summed E-state index contributed by atoms with van der Waals surface area (Å²) in [4.78, 5) is 0. The van der Waals surface area contributed by atoms with Gasteiger partial charge in [0.2, 0.25) is 0 Å². The summed E-state index contributed by atoms with van der Waals surface area (Å²) in [7, 11) is -0.235. The third-order valence-electron chi connectivity index (χ3n) is 6.96. The molecule has 1 heterocycles. The minimum atomic E-state index is -1.92. The number of rotatable bonds is 11. The molecule has 1 aromatic rings. The molecular formula is C25H44O3S2Si. The molecule has 1 atom stereocenters. The van der Waals surface area contributed by atoms with Gasteiger partial charge in [-0.25, -0.2) is 0 Å². The SMILES string of the molecule is CCC1(C[C@@](CC)(CCOc2ccc(OC)cc2)O[Si](C)(C)C(C)(C)C)SCCCS1. The van der Waals surface area contributed by atoms with Gasteiger partial charge in [0.25, 0.3) is 0 Å². The van der Waals surface area contributed by atoms with E-state index in [1.54, 1.807) is 7.11 Å². The molecule has 1 aliphatic heterocycles. The van der Waals surface area contributed by atoms with Crippen molar-refractivity contribution in [3.63, 3.8) is 0 Å². The van der Waals surface area contributed by atoms with Gasteiger partial charge in [0.1, 0.15) is 11.5 Å². The molecule has 0 N–H and O–H groups in total. The van der Waals surface area contributed by atoms with Crippen molar-refractivity contribution in [2.75, 3.05) is 25.2 Å². The van der Waals surface area contributed by atoms with Gasteiger partial charge in [-0.3, -0.25) is 0 Å². The number of thioether (sulfide) groups is 2. The lowest BCUT2D eigenvalue weighted by Gasteiger charge is -2.50. The fraction of sp³-hybridized carbons (Fsp3) is 0.760. The fourth-order valence-corrected chi connectivity index (χ4v) is 8.99. The van der Waals surface area contributed by atoms with E-state index in [1.807, 2.05) is 24.3 Å². The van der Waals surface area contributed by atoms with E-state index in [0.29, 0.717) is 6.61 Å². The quantitative estimate of drug-likeness (QED) is 0.297. The lowest BCUT2D eigenvalue weighted by molar-refractivity contribution is 0.0164. The van der Waals surface area contributed by atoms with Crippen molar-refractivity contribution in [2.45, 2.75) is 94.5 Å². The Morgan fingerprint density at radius 1 is 1.00 bits per heavy atom. The number of benzene rings is 1. The highest BCUT2D eigenvalue weighted by Gasteiger charge is 2.48. The lowest BCUT2D eigenvalue weighted by Crippen LogP contribution is -2.52. The third-order valence-corrected chi connectivity index (χ3v) is 15.1. The Morgan fingerprint density at radius 2 is 1.58 bits per heavy atom. The molecule has 6 heteroatoms. The van der Waals surface area contributed by atoms with Gasteiger partial charge in [0.15, 0.2) is 8.32 Å². The van der Waals surface area contributed by atoms with Crippen LogP contribution in [0.4, 0.5) is 0 Å². The van der Waals surface area contributed by atoms with E-state index in [1.165, 1.54) is 24.3 Å². The molecule has 1 aromatic carbocycles. The van der Waals surface area contributed by atoms with Gasteiger partial charge in [-0.05, 0) is 79.6 Å². The predicted molar refractivity (Wildman–Crippen MR) is 142 cm³/mol. The van der Waals surface area contributed by atoms with Crippen molar-refractivity contribution in [2.24, 2.45) is 0 Å². The van der Waals surface area contributed by atoms with E-state index < -0.39 is 8.32 Å². The van der Waals surface area contributed by atoms with Crippen LogP contribution in [-0.4, -0.2) is 43.2 Å². The fourth-order valence-electron chi connectivity index (χ4n) is 3.81. The summed E-state index contributed by atoms with van der Waals surface area (Å²) in [5, 5.41) is 0.191. The van der Waals surface area contributed by atoms with Crippen molar-refractivity contribution >= 4 is 31.8 Å². The van der Waals surface area contributed by atoms with Gasteiger partial charge in [-0.1, -0.05) is 34.6 Å². The molecule has 1 saturated heterocycles. The Labute approximate surface area is 200 Å². The standard InChI is InChI=1S/C25H44O3S2Si/c1-9-24(28-31(7,8)23(3,4)5,20-25(10-2)29-18-11-19-30-25)16-17-27-22-14-12-21(26-6)13-15-22/h12-15H,9-11,16-20H2,1-8H3/t24-/m1/s1. The second-order valence-corrected chi connectivity index (χ2v) is 18.1. The van der Waals surface area contributed by atoms with Crippen molar-refractivity contribution < 1.29 is 13.9 Å². The van der Waals surface area contributed by atoms with Crippen LogP contribution in [0.2, 0.25) is 18.1 Å². The molecule has 178 valence electrons. The van der Waals surface area contributed by atoms with Gasteiger partial charge in [0, 0.05) is 6.42 Å². The summed E-state index contributed by atoms with van der Waals surface area (Å²) < 4.78 is 19.0. The second-order valence-electron chi connectivity index (χ2n) is 10.2. The molecule has 0 bridgehead atoms. The molecule has 31 heavy (non-hydrogen) atoms. The van der Waals surface area contributed by atoms with Crippen LogP contribution >= 0.6 is 23.5 Å². The first-order valence-corrected chi connectivity index (χ1v) is 16.6. The summed E-state index contributed by atoms with van der Waals surface area (Å²) >= 11 is 4.33. The van der Waals surface area contributed by atoms with Crippen LogP contribution in [0.15, 0.2) is 24.3 Å². The van der Waals surface area contributed by atoms with Crippen molar-refractivity contribution in [1.82, 2.24) is 0 Å². The summed E-state index contributed by atoms with van der Waals surface area (Å²) in [5.74, 6) is 4.28.